The molecule has 5 nitrogen and oxygen atoms in total. The standard InChI is InChI=1S/C8H13N3O2S/c1-6-11-7(5-14-6)4-10-2-3-13-8(9)12/h5,10H,2-4H2,1H3,(H2,9,12). The van der Waals surface area contributed by atoms with E-state index in [1.54, 1.807) is 11.3 Å². The maximum Gasteiger partial charge on any atom is 0.404 e. The van der Waals surface area contributed by atoms with Crippen molar-refractivity contribution >= 4 is 17.4 Å². The van der Waals surface area contributed by atoms with Crippen molar-refractivity contribution in [2.24, 2.45) is 5.73 Å². The number of hydrogen-bond donors (Lipinski definition) is 2. The average molecular weight is 215 g/mol. The lowest BCUT2D eigenvalue weighted by atomic mass is 10.5. The zero-order chi connectivity index (χ0) is 10.4. The van der Waals surface area contributed by atoms with Crippen LogP contribution in [-0.4, -0.2) is 24.2 Å². The summed E-state index contributed by atoms with van der Waals surface area (Å²) in [6.45, 7) is 3.52. The summed E-state index contributed by atoms with van der Waals surface area (Å²) in [7, 11) is 0. The molecule has 78 valence electrons. The highest BCUT2D eigenvalue weighted by Gasteiger charge is 1.97. The van der Waals surface area contributed by atoms with E-state index in [1.807, 2.05) is 12.3 Å². The molecule has 1 rings (SSSR count). The molecule has 0 radical (unpaired) electrons. The number of aromatic nitrogens is 1. The molecule has 3 N–H and O–H groups in total. The minimum absolute atomic E-state index is 0.290. The van der Waals surface area contributed by atoms with Gasteiger partial charge in [-0.05, 0) is 6.92 Å². The molecule has 0 fully saturated rings. The van der Waals surface area contributed by atoms with Crippen LogP contribution in [0, 0.1) is 6.92 Å². The molecule has 0 aromatic carbocycles. The van der Waals surface area contributed by atoms with Crippen molar-refractivity contribution in [1.82, 2.24) is 10.3 Å². The van der Waals surface area contributed by atoms with Crippen molar-refractivity contribution in [2.75, 3.05) is 13.2 Å². The number of rotatable bonds is 5. The lowest BCUT2D eigenvalue weighted by Gasteiger charge is -2.02. The second kappa shape index (κ2) is 5.56. The molecule has 0 saturated heterocycles. The van der Waals surface area contributed by atoms with Crippen LogP contribution in [-0.2, 0) is 11.3 Å². The van der Waals surface area contributed by atoms with Gasteiger partial charge in [0.05, 0.1) is 10.7 Å². The van der Waals surface area contributed by atoms with Crippen molar-refractivity contribution in [3.8, 4) is 0 Å². The Morgan fingerprint density at radius 3 is 3.14 bits per heavy atom. The van der Waals surface area contributed by atoms with Crippen LogP contribution in [0.4, 0.5) is 4.79 Å². The Bertz CT molecular complexity index is 301. The first-order chi connectivity index (χ1) is 6.68. The fraction of sp³-hybridized carbons (Fsp3) is 0.500. The van der Waals surface area contributed by atoms with Crippen molar-refractivity contribution < 1.29 is 9.53 Å². The van der Waals surface area contributed by atoms with Crippen LogP contribution in [0.1, 0.15) is 10.7 Å². The number of primary amides is 1. The van der Waals surface area contributed by atoms with Crippen molar-refractivity contribution in [2.45, 2.75) is 13.5 Å². The molecule has 0 aliphatic rings. The minimum atomic E-state index is -0.740. The molecule has 14 heavy (non-hydrogen) atoms. The monoisotopic (exact) mass is 215 g/mol. The van der Waals surface area contributed by atoms with Gasteiger partial charge in [-0.3, -0.25) is 0 Å². The van der Waals surface area contributed by atoms with Crippen LogP contribution >= 0.6 is 11.3 Å². The van der Waals surface area contributed by atoms with Crippen LogP contribution in [0.25, 0.3) is 0 Å². The van der Waals surface area contributed by atoms with Gasteiger partial charge in [-0.1, -0.05) is 0 Å². The number of nitrogens with one attached hydrogen (secondary N) is 1. The predicted molar refractivity (Wildman–Crippen MR) is 54.1 cm³/mol. The molecule has 1 heterocycles. The van der Waals surface area contributed by atoms with Gasteiger partial charge in [0.15, 0.2) is 0 Å². The molecule has 0 atom stereocenters. The Hall–Kier alpha value is -1.14. The van der Waals surface area contributed by atoms with Gasteiger partial charge in [-0.15, -0.1) is 11.3 Å². The Morgan fingerprint density at radius 1 is 1.79 bits per heavy atom. The van der Waals surface area contributed by atoms with E-state index in [-0.39, 0.29) is 0 Å². The minimum Gasteiger partial charge on any atom is -0.448 e. The Balaban J connectivity index is 2.07. The first-order valence-corrected chi connectivity index (χ1v) is 5.10. The Kier molecular flexibility index (Phi) is 4.34. The van der Waals surface area contributed by atoms with E-state index in [9.17, 15) is 4.79 Å². The summed E-state index contributed by atoms with van der Waals surface area (Å²) in [5.41, 5.74) is 5.80. The van der Waals surface area contributed by atoms with E-state index in [0.29, 0.717) is 19.7 Å². The summed E-state index contributed by atoms with van der Waals surface area (Å²) in [6.07, 6.45) is -0.740. The van der Waals surface area contributed by atoms with E-state index < -0.39 is 6.09 Å². The van der Waals surface area contributed by atoms with E-state index in [0.717, 1.165) is 10.7 Å². The first kappa shape index (κ1) is 10.9. The molecule has 0 spiro atoms. The highest BCUT2D eigenvalue weighted by molar-refractivity contribution is 7.09. The van der Waals surface area contributed by atoms with E-state index in [4.69, 9.17) is 5.73 Å². The first-order valence-electron chi connectivity index (χ1n) is 4.22. The summed E-state index contributed by atoms with van der Waals surface area (Å²) in [5.74, 6) is 0. The molecule has 1 aromatic rings. The van der Waals surface area contributed by atoms with Crippen LogP contribution in [0.3, 0.4) is 0 Å². The van der Waals surface area contributed by atoms with Crippen molar-refractivity contribution in [3.63, 3.8) is 0 Å². The van der Waals surface area contributed by atoms with Gasteiger partial charge in [-0.2, -0.15) is 0 Å². The van der Waals surface area contributed by atoms with Crippen LogP contribution in [0.15, 0.2) is 5.38 Å². The third-order valence-corrected chi connectivity index (χ3v) is 2.32. The molecule has 0 saturated carbocycles. The lowest BCUT2D eigenvalue weighted by molar-refractivity contribution is 0.157. The van der Waals surface area contributed by atoms with Crippen LogP contribution in [0.2, 0.25) is 0 Å². The third-order valence-electron chi connectivity index (χ3n) is 1.50. The molecule has 0 bridgehead atoms. The molecule has 1 aromatic heterocycles. The third kappa shape index (κ3) is 4.20. The summed E-state index contributed by atoms with van der Waals surface area (Å²) in [5, 5.41) is 6.13. The topological polar surface area (TPSA) is 77.2 Å². The zero-order valence-electron chi connectivity index (χ0n) is 7.95. The quantitative estimate of drug-likeness (QED) is 0.706. The molecule has 1 amide bonds. The molecular formula is C8H13N3O2S. The van der Waals surface area contributed by atoms with Crippen molar-refractivity contribution in [1.29, 1.82) is 0 Å². The summed E-state index contributed by atoms with van der Waals surface area (Å²) in [4.78, 5) is 14.5. The molecule has 0 aliphatic heterocycles. The number of nitrogens with two attached hydrogens (primary N) is 1. The van der Waals surface area contributed by atoms with Crippen LogP contribution < -0.4 is 11.1 Å². The average Bonchev–Trinajstić information content (AvgIpc) is 2.50. The van der Waals surface area contributed by atoms with Gasteiger partial charge in [0.1, 0.15) is 6.61 Å². The number of carbonyl (C=O) groups excluding carboxylic acids is 1. The molecular weight excluding hydrogens is 202 g/mol. The predicted octanol–water partition coefficient (Wildman–Crippen LogP) is 0.636. The Labute approximate surface area is 86.3 Å². The maximum atomic E-state index is 10.2. The number of aryl methyl sites for hydroxylation is 1. The van der Waals surface area contributed by atoms with Gasteiger partial charge < -0.3 is 15.8 Å². The summed E-state index contributed by atoms with van der Waals surface area (Å²) < 4.78 is 4.54. The molecule has 6 heteroatoms. The second-order valence-corrected chi connectivity index (χ2v) is 3.76. The SMILES string of the molecule is Cc1nc(CNCCOC(N)=O)cs1. The highest BCUT2D eigenvalue weighted by atomic mass is 32.1. The fourth-order valence-corrected chi connectivity index (χ4v) is 1.54. The number of carbonyl (C=O) groups is 1. The summed E-state index contributed by atoms with van der Waals surface area (Å²) >= 11 is 1.62. The second-order valence-electron chi connectivity index (χ2n) is 2.70. The van der Waals surface area contributed by atoms with Crippen molar-refractivity contribution in [3.05, 3.63) is 16.1 Å². The normalized spacial score (nSPS) is 10.1. The van der Waals surface area contributed by atoms with E-state index in [1.165, 1.54) is 0 Å². The Morgan fingerprint density at radius 2 is 2.57 bits per heavy atom. The number of amides is 1. The lowest BCUT2D eigenvalue weighted by Crippen LogP contribution is -2.23. The van der Waals surface area contributed by atoms with E-state index in [2.05, 4.69) is 15.0 Å². The molecule has 0 aliphatic carbocycles. The van der Waals surface area contributed by atoms with Gasteiger partial charge in [0, 0.05) is 18.5 Å². The fourth-order valence-electron chi connectivity index (χ4n) is 0.930. The number of nitrogens with zero attached hydrogens (tertiary/aromatic N) is 1. The largest absolute Gasteiger partial charge is 0.448 e. The van der Waals surface area contributed by atoms with Gasteiger partial charge in [0.25, 0.3) is 0 Å². The number of thiazole rings is 1. The van der Waals surface area contributed by atoms with E-state index >= 15 is 0 Å². The number of hydrogen-bond acceptors (Lipinski definition) is 5. The van der Waals surface area contributed by atoms with Gasteiger partial charge >= 0.3 is 6.09 Å². The molecule has 0 unspecified atom stereocenters. The summed E-state index contributed by atoms with van der Waals surface area (Å²) in [6, 6.07) is 0. The van der Waals surface area contributed by atoms with Gasteiger partial charge in [-0.25, -0.2) is 9.78 Å². The van der Waals surface area contributed by atoms with Crippen LogP contribution in [0.5, 0.6) is 0 Å². The maximum absolute atomic E-state index is 10.2. The number of ether oxygens (including phenoxy) is 1. The zero-order valence-corrected chi connectivity index (χ0v) is 8.76. The highest BCUT2D eigenvalue weighted by Crippen LogP contribution is 2.06. The smallest absolute Gasteiger partial charge is 0.404 e. The van der Waals surface area contributed by atoms with Gasteiger partial charge in [0.2, 0.25) is 0 Å².